The van der Waals surface area contributed by atoms with Crippen molar-refractivity contribution in [2.24, 2.45) is 0 Å². The summed E-state index contributed by atoms with van der Waals surface area (Å²) in [6, 6.07) is 10.4. The van der Waals surface area contributed by atoms with E-state index in [1.165, 1.54) is 0 Å². The van der Waals surface area contributed by atoms with Crippen molar-refractivity contribution in [3.05, 3.63) is 40.9 Å². The van der Waals surface area contributed by atoms with Crippen LogP contribution in [0.15, 0.2) is 35.4 Å². The maximum Gasteiger partial charge on any atom is 0.180 e. The Morgan fingerprint density at radius 3 is 2.40 bits per heavy atom. The molecule has 82 valence electrons. The SMILES string of the molecule is CC(C)[NH+]=C/C(Cl)=C/c1ccccc1.[Cl-]. The van der Waals surface area contributed by atoms with Gasteiger partial charge in [-0.3, -0.25) is 0 Å². The van der Waals surface area contributed by atoms with Crippen LogP contribution in [-0.2, 0) is 0 Å². The van der Waals surface area contributed by atoms with E-state index >= 15 is 0 Å². The first-order valence-electron chi connectivity index (χ1n) is 4.70. The molecule has 0 heterocycles. The van der Waals surface area contributed by atoms with Crippen LogP contribution in [0.3, 0.4) is 0 Å². The summed E-state index contributed by atoms with van der Waals surface area (Å²) in [6.07, 6.45) is 3.75. The molecule has 0 saturated heterocycles. The standard InChI is InChI=1S/C12H14ClN.ClH/c1-10(2)14-9-12(13)8-11-6-4-3-5-7-11;/h3-10H,1-2H3;1H/b12-8-,14-9?;. The molecule has 1 N–H and O–H groups in total. The molecule has 1 rings (SSSR count). The maximum absolute atomic E-state index is 6.00. The number of halogens is 2. The van der Waals surface area contributed by atoms with Crippen LogP contribution in [-0.4, -0.2) is 12.3 Å². The van der Waals surface area contributed by atoms with Gasteiger partial charge in [0.25, 0.3) is 0 Å². The second-order valence-electron chi connectivity index (χ2n) is 3.41. The van der Waals surface area contributed by atoms with Gasteiger partial charge in [0.1, 0.15) is 11.1 Å². The van der Waals surface area contributed by atoms with E-state index in [-0.39, 0.29) is 12.4 Å². The lowest BCUT2D eigenvalue weighted by atomic mass is 10.2. The smallest absolute Gasteiger partial charge is 0.180 e. The number of allylic oxidation sites excluding steroid dienone is 1. The van der Waals surface area contributed by atoms with Gasteiger partial charge in [-0.1, -0.05) is 41.9 Å². The van der Waals surface area contributed by atoms with Crippen molar-refractivity contribution in [2.45, 2.75) is 19.9 Å². The molecule has 0 aromatic heterocycles. The molecule has 1 aromatic rings. The van der Waals surface area contributed by atoms with E-state index < -0.39 is 0 Å². The molecular formula is C12H15Cl2N. The molecule has 0 aliphatic carbocycles. The Morgan fingerprint density at radius 2 is 1.87 bits per heavy atom. The summed E-state index contributed by atoms with van der Waals surface area (Å²) in [5.74, 6) is 0. The Labute approximate surface area is 102 Å². The molecule has 0 fully saturated rings. The molecule has 0 unspecified atom stereocenters. The maximum atomic E-state index is 6.00. The summed E-state index contributed by atoms with van der Waals surface area (Å²) in [5, 5.41) is 0.713. The van der Waals surface area contributed by atoms with Gasteiger partial charge in [-0.2, -0.15) is 0 Å². The van der Waals surface area contributed by atoms with Gasteiger partial charge >= 0.3 is 0 Å². The number of benzene rings is 1. The molecule has 0 bridgehead atoms. The fourth-order valence-electron chi connectivity index (χ4n) is 0.996. The van der Waals surface area contributed by atoms with Crippen molar-refractivity contribution in [3.8, 4) is 0 Å². The summed E-state index contributed by atoms with van der Waals surface area (Å²) in [4.78, 5) is 3.14. The first-order chi connectivity index (χ1) is 6.68. The highest BCUT2D eigenvalue weighted by molar-refractivity contribution is 6.40. The Balaban J connectivity index is 0.00000196. The average Bonchev–Trinajstić information content (AvgIpc) is 2.16. The minimum absolute atomic E-state index is 0. The van der Waals surface area contributed by atoms with E-state index in [0.717, 1.165) is 5.56 Å². The van der Waals surface area contributed by atoms with Crippen LogP contribution in [0.5, 0.6) is 0 Å². The lowest BCUT2D eigenvalue weighted by Gasteiger charge is -1.91. The lowest BCUT2D eigenvalue weighted by molar-refractivity contribution is -0.487. The van der Waals surface area contributed by atoms with Gasteiger partial charge in [-0.05, 0) is 25.5 Å². The predicted octanol–water partition coefficient (Wildman–Crippen LogP) is -1.17. The van der Waals surface area contributed by atoms with E-state index in [2.05, 4.69) is 18.8 Å². The minimum Gasteiger partial charge on any atom is -1.00 e. The third kappa shape index (κ3) is 6.32. The zero-order valence-corrected chi connectivity index (χ0v) is 10.4. The third-order valence-corrected chi connectivity index (χ3v) is 1.88. The molecule has 3 heteroatoms. The normalized spacial score (nSPS) is 11.9. The quantitative estimate of drug-likeness (QED) is 0.644. The summed E-state index contributed by atoms with van der Waals surface area (Å²) in [6.45, 7) is 4.15. The molecule has 1 nitrogen and oxygen atoms in total. The highest BCUT2D eigenvalue weighted by Crippen LogP contribution is 2.06. The van der Waals surface area contributed by atoms with Gasteiger partial charge in [0.05, 0.1) is 0 Å². The fraction of sp³-hybridized carbons (Fsp3) is 0.250. The zero-order valence-electron chi connectivity index (χ0n) is 8.87. The number of rotatable bonds is 3. The Hall–Kier alpha value is -0.790. The number of hydrogen-bond donors (Lipinski definition) is 1. The monoisotopic (exact) mass is 243 g/mol. The molecule has 1 aromatic carbocycles. The molecule has 0 aliphatic rings. The summed E-state index contributed by atoms with van der Waals surface area (Å²) >= 11 is 6.00. The summed E-state index contributed by atoms with van der Waals surface area (Å²) < 4.78 is 0. The predicted molar refractivity (Wildman–Crippen MR) is 62.4 cm³/mol. The lowest BCUT2D eigenvalue weighted by Crippen LogP contribution is -3.00. The Morgan fingerprint density at radius 1 is 1.27 bits per heavy atom. The van der Waals surface area contributed by atoms with Crippen LogP contribution in [0, 0.1) is 0 Å². The van der Waals surface area contributed by atoms with Crippen molar-refractivity contribution in [1.82, 2.24) is 0 Å². The topological polar surface area (TPSA) is 14.0 Å². The second-order valence-corrected chi connectivity index (χ2v) is 3.84. The summed E-state index contributed by atoms with van der Waals surface area (Å²) in [7, 11) is 0. The molecule has 15 heavy (non-hydrogen) atoms. The minimum atomic E-state index is 0. The van der Waals surface area contributed by atoms with Crippen LogP contribution < -0.4 is 17.4 Å². The third-order valence-electron chi connectivity index (χ3n) is 1.66. The van der Waals surface area contributed by atoms with Gasteiger partial charge in [-0.25, -0.2) is 4.99 Å². The van der Waals surface area contributed by atoms with E-state index in [9.17, 15) is 0 Å². The van der Waals surface area contributed by atoms with E-state index in [4.69, 9.17) is 11.6 Å². The molecule has 0 saturated carbocycles. The molecular weight excluding hydrogens is 229 g/mol. The Kier molecular flexibility index (Phi) is 7.10. The van der Waals surface area contributed by atoms with E-state index in [1.54, 1.807) is 0 Å². The zero-order chi connectivity index (χ0) is 10.4. The Bertz CT molecular complexity index is 329. The van der Waals surface area contributed by atoms with Gasteiger partial charge in [0.2, 0.25) is 0 Å². The second kappa shape index (κ2) is 7.49. The highest BCUT2D eigenvalue weighted by atomic mass is 35.5. The van der Waals surface area contributed by atoms with Crippen molar-refractivity contribution in [1.29, 1.82) is 0 Å². The van der Waals surface area contributed by atoms with Gasteiger partial charge in [0, 0.05) is 0 Å². The van der Waals surface area contributed by atoms with Crippen molar-refractivity contribution < 1.29 is 17.4 Å². The van der Waals surface area contributed by atoms with Crippen molar-refractivity contribution in [3.63, 3.8) is 0 Å². The first kappa shape index (κ1) is 14.2. The van der Waals surface area contributed by atoms with Crippen LogP contribution >= 0.6 is 11.6 Å². The van der Waals surface area contributed by atoms with E-state index in [0.29, 0.717) is 11.1 Å². The van der Waals surface area contributed by atoms with Crippen molar-refractivity contribution >= 4 is 23.9 Å². The first-order valence-corrected chi connectivity index (χ1v) is 5.08. The van der Waals surface area contributed by atoms with Crippen molar-refractivity contribution in [2.75, 3.05) is 0 Å². The van der Waals surface area contributed by atoms with Gasteiger partial charge in [0.15, 0.2) is 6.21 Å². The van der Waals surface area contributed by atoms with Gasteiger partial charge < -0.3 is 12.4 Å². The largest absolute Gasteiger partial charge is 1.00 e. The number of nitrogens with one attached hydrogen (secondary N) is 1. The van der Waals surface area contributed by atoms with E-state index in [1.807, 2.05) is 42.6 Å². The van der Waals surface area contributed by atoms with Gasteiger partial charge in [-0.15, -0.1) is 0 Å². The summed E-state index contributed by atoms with van der Waals surface area (Å²) in [5.41, 5.74) is 1.11. The number of hydrogen-bond acceptors (Lipinski definition) is 0. The molecule has 0 spiro atoms. The van der Waals surface area contributed by atoms with Crippen LogP contribution in [0.2, 0.25) is 0 Å². The fourth-order valence-corrected chi connectivity index (χ4v) is 1.19. The molecule has 0 aliphatic heterocycles. The molecule has 0 amide bonds. The highest BCUT2D eigenvalue weighted by Gasteiger charge is 1.94. The van der Waals surface area contributed by atoms with Crippen LogP contribution in [0.25, 0.3) is 6.08 Å². The molecule has 0 radical (unpaired) electrons. The van der Waals surface area contributed by atoms with Crippen LogP contribution in [0.1, 0.15) is 19.4 Å². The molecule has 0 atom stereocenters. The van der Waals surface area contributed by atoms with Crippen LogP contribution in [0.4, 0.5) is 0 Å². The average molecular weight is 244 g/mol.